The monoisotopic (exact) mass is 427 g/mol. The molecule has 31 heavy (non-hydrogen) atoms. The normalized spacial score (nSPS) is 19.7. The van der Waals surface area contributed by atoms with Gasteiger partial charge in [-0.15, -0.1) is 0 Å². The van der Waals surface area contributed by atoms with Gasteiger partial charge in [0.1, 0.15) is 0 Å². The van der Waals surface area contributed by atoms with Crippen molar-refractivity contribution in [3.05, 3.63) is 119 Å². The molecule has 3 aromatic rings. The van der Waals surface area contributed by atoms with E-state index >= 15 is 0 Å². The molecular formula is C28H33NOSi. The number of benzene rings is 3. The van der Waals surface area contributed by atoms with Crippen LogP contribution in [-0.4, -0.2) is 13.2 Å². The van der Waals surface area contributed by atoms with Crippen LogP contribution in [0, 0.1) is 6.92 Å². The summed E-state index contributed by atoms with van der Waals surface area (Å²) >= 11 is 0. The summed E-state index contributed by atoms with van der Waals surface area (Å²) in [4.78, 5) is 2.63. The lowest BCUT2D eigenvalue weighted by Crippen LogP contribution is -2.37. The van der Waals surface area contributed by atoms with E-state index in [1.807, 2.05) is 0 Å². The summed E-state index contributed by atoms with van der Waals surface area (Å²) in [5.41, 5.74) is 5.30. The molecule has 3 aromatic carbocycles. The molecular weight excluding hydrogens is 394 g/mol. The number of hydrogen-bond donors (Lipinski definition) is 0. The Hall–Kier alpha value is -2.62. The van der Waals surface area contributed by atoms with Gasteiger partial charge in [-0.3, -0.25) is 4.90 Å². The van der Waals surface area contributed by atoms with Crippen molar-refractivity contribution in [1.82, 2.24) is 4.90 Å². The Bertz CT molecular complexity index is 1010. The van der Waals surface area contributed by atoms with Gasteiger partial charge in [-0.25, -0.2) is 0 Å². The third-order valence-corrected chi connectivity index (χ3v) is 6.62. The maximum atomic E-state index is 6.58. The van der Waals surface area contributed by atoms with Crippen LogP contribution in [0.15, 0.2) is 96.8 Å². The average molecular weight is 428 g/mol. The van der Waals surface area contributed by atoms with Crippen LogP contribution in [0.3, 0.4) is 0 Å². The van der Waals surface area contributed by atoms with Gasteiger partial charge in [0.2, 0.25) is 8.32 Å². The summed E-state index contributed by atoms with van der Waals surface area (Å²) in [6, 6.07) is 31.1. The van der Waals surface area contributed by atoms with Gasteiger partial charge < -0.3 is 4.43 Å². The van der Waals surface area contributed by atoms with Crippen molar-refractivity contribution >= 4 is 8.32 Å². The fourth-order valence-electron chi connectivity index (χ4n) is 4.35. The topological polar surface area (TPSA) is 12.5 Å². The zero-order valence-electron chi connectivity index (χ0n) is 19.1. The van der Waals surface area contributed by atoms with Crippen molar-refractivity contribution in [3.63, 3.8) is 0 Å². The van der Waals surface area contributed by atoms with E-state index in [1.54, 1.807) is 0 Å². The van der Waals surface area contributed by atoms with E-state index in [0.29, 0.717) is 0 Å². The Morgan fingerprint density at radius 3 is 2.03 bits per heavy atom. The first-order valence-electron chi connectivity index (χ1n) is 11.2. The van der Waals surface area contributed by atoms with Crippen LogP contribution in [0.1, 0.15) is 40.8 Å². The molecule has 0 radical (unpaired) electrons. The molecule has 2 atom stereocenters. The van der Waals surface area contributed by atoms with E-state index in [9.17, 15) is 0 Å². The fourth-order valence-corrected chi connectivity index (χ4v) is 5.29. The van der Waals surface area contributed by atoms with Crippen molar-refractivity contribution in [2.75, 3.05) is 0 Å². The minimum Gasteiger partial charge on any atom is -0.547 e. The molecule has 0 bridgehead atoms. The smallest absolute Gasteiger partial charge is 0.241 e. The highest BCUT2D eigenvalue weighted by Crippen LogP contribution is 2.42. The van der Waals surface area contributed by atoms with E-state index in [0.717, 1.165) is 18.7 Å². The van der Waals surface area contributed by atoms with Gasteiger partial charge in [0.05, 0.1) is 11.8 Å². The van der Waals surface area contributed by atoms with Crippen molar-refractivity contribution in [2.24, 2.45) is 0 Å². The summed E-state index contributed by atoms with van der Waals surface area (Å²) in [6.07, 6.45) is 3.27. The van der Waals surface area contributed by atoms with Gasteiger partial charge >= 0.3 is 0 Å². The number of hydrogen-bond acceptors (Lipinski definition) is 2. The highest BCUT2D eigenvalue weighted by Gasteiger charge is 2.34. The van der Waals surface area contributed by atoms with E-state index in [1.165, 1.54) is 22.3 Å². The van der Waals surface area contributed by atoms with E-state index < -0.39 is 8.32 Å². The summed E-state index contributed by atoms with van der Waals surface area (Å²) in [5.74, 6) is 1.14. The second kappa shape index (κ2) is 9.25. The molecule has 0 fully saturated rings. The number of aryl methyl sites for hydroxylation is 1. The summed E-state index contributed by atoms with van der Waals surface area (Å²) in [5, 5.41) is 0. The van der Waals surface area contributed by atoms with Gasteiger partial charge in [-0.05, 0) is 49.3 Å². The zero-order valence-corrected chi connectivity index (χ0v) is 20.1. The van der Waals surface area contributed by atoms with E-state index in [-0.39, 0.29) is 12.1 Å². The lowest BCUT2D eigenvalue weighted by Gasteiger charge is -2.42. The third-order valence-electron chi connectivity index (χ3n) is 5.74. The molecule has 1 aliphatic rings. The summed E-state index contributed by atoms with van der Waals surface area (Å²) in [7, 11) is -1.70. The van der Waals surface area contributed by atoms with Gasteiger partial charge in [0, 0.05) is 19.0 Å². The van der Waals surface area contributed by atoms with E-state index in [2.05, 4.69) is 122 Å². The van der Waals surface area contributed by atoms with Crippen molar-refractivity contribution in [1.29, 1.82) is 0 Å². The largest absolute Gasteiger partial charge is 0.547 e. The first kappa shape index (κ1) is 21.6. The maximum absolute atomic E-state index is 6.58. The van der Waals surface area contributed by atoms with E-state index in [4.69, 9.17) is 4.43 Å². The van der Waals surface area contributed by atoms with Crippen LogP contribution in [0.25, 0.3) is 0 Å². The lowest BCUT2D eigenvalue weighted by atomic mass is 9.90. The standard InChI is InChI=1S/C28H33NOSi/c1-22-15-17-25(18-16-22)28-20-26(30-31(2,3)4)19-27(24-13-9-6-10-14-24)29(28)21-23-11-7-5-8-12-23/h5-19,27-28H,20-21H2,1-4H3. The molecule has 4 rings (SSSR count). The van der Waals surface area contributed by atoms with Crippen molar-refractivity contribution < 1.29 is 4.43 Å². The van der Waals surface area contributed by atoms with Gasteiger partial charge in [0.25, 0.3) is 0 Å². The Balaban J connectivity index is 1.79. The van der Waals surface area contributed by atoms with Crippen LogP contribution in [0.4, 0.5) is 0 Å². The molecule has 0 N–H and O–H groups in total. The van der Waals surface area contributed by atoms with Crippen molar-refractivity contribution in [3.8, 4) is 0 Å². The van der Waals surface area contributed by atoms with Crippen LogP contribution in [-0.2, 0) is 11.0 Å². The van der Waals surface area contributed by atoms with Gasteiger partial charge in [-0.2, -0.15) is 0 Å². The first-order valence-corrected chi connectivity index (χ1v) is 14.6. The predicted octanol–water partition coefficient (Wildman–Crippen LogP) is 7.42. The van der Waals surface area contributed by atoms with Crippen molar-refractivity contribution in [2.45, 2.75) is 51.6 Å². The number of rotatable bonds is 6. The van der Waals surface area contributed by atoms with Crippen LogP contribution < -0.4 is 0 Å². The molecule has 0 aliphatic carbocycles. The molecule has 3 heteroatoms. The van der Waals surface area contributed by atoms with Crippen LogP contribution in [0.5, 0.6) is 0 Å². The minimum absolute atomic E-state index is 0.174. The molecule has 0 saturated heterocycles. The highest BCUT2D eigenvalue weighted by molar-refractivity contribution is 6.70. The third kappa shape index (κ3) is 5.55. The molecule has 1 aliphatic heterocycles. The minimum atomic E-state index is -1.70. The van der Waals surface area contributed by atoms with Gasteiger partial charge in [-0.1, -0.05) is 90.5 Å². The average Bonchev–Trinajstić information content (AvgIpc) is 2.75. The summed E-state index contributed by atoms with van der Waals surface area (Å²) < 4.78 is 6.58. The number of nitrogens with zero attached hydrogens (tertiary/aromatic N) is 1. The molecule has 2 unspecified atom stereocenters. The molecule has 0 amide bonds. The Labute approximate surface area is 188 Å². The van der Waals surface area contributed by atoms with Crippen LogP contribution >= 0.6 is 0 Å². The quantitative estimate of drug-likeness (QED) is 0.380. The predicted molar refractivity (Wildman–Crippen MR) is 132 cm³/mol. The Kier molecular flexibility index (Phi) is 6.45. The molecule has 1 heterocycles. The SMILES string of the molecule is Cc1ccc(C2CC(O[Si](C)(C)C)=CC(c3ccccc3)N2Cc2ccccc2)cc1. The molecule has 0 aromatic heterocycles. The fraction of sp³-hybridized carbons (Fsp3) is 0.286. The lowest BCUT2D eigenvalue weighted by molar-refractivity contribution is 0.119. The van der Waals surface area contributed by atoms with Crippen LogP contribution in [0.2, 0.25) is 19.6 Å². The summed E-state index contributed by atoms with van der Waals surface area (Å²) in [6.45, 7) is 9.85. The highest BCUT2D eigenvalue weighted by atomic mass is 28.4. The molecule has 0 spiro atoms. The maximum Gasteiger partial charge on any atom is 0.241 e. The Morgan fingerprint density at radius 2 is 1.42 bits per heavy atom. The second-order valence-electron chi connectivity index (χ2n) is 9.49. The van der Waals surface area contributed by atoms with Gasteiger partial charge in [0.15, 0.2) is 0 Å². The Morgan fingerprint density at radius 1 is 0.806 bits per heavy atom. The molecule has 0 saturated carbocycles. The second-order valence-corrected chi connectivity index (χ2v) is 13.9. The zero-order chi connectivity index (χ0) is 21.8. The molecule has 2 nitrogen and oxygen atoms in total. The molecule has 160 valence electrons. The first-order chi connectivity index (χ1) is 14.9.